The van der Waals surface area contributed by atoms with E-state index in [1.807, 2.05) is 11.8 Å². The molecule has 0 amide bonds. The van der Waals surface area contributed by atoms with E-state index in [9.17, 15) is 0 Å². The molecule has 0 unspecified atom stereocenters. The van der Waals surface area contributed by atoms with E-state index in [4.69, 9.17) is 0 Å². The van der Waals surface area contributed by atoms with Gasteiger partial charge in [-0.25, -0.2) is 0 Å². The lowest BCUT2D eigenvalue weighted by molar-refractivity contribution is 1.19. The first-order valence-corrected chi connectivity index (χ1v) is 5.22. The van der Waals surface area contributed by atoms with E-state index in [1.165, 1.54) is 16.0 Å². The first-order valence-electron chi connectivity index (χ1n) is 4.24. The minimum Gasteiger partial charge on any atom is -0.126 e. The molecule has 0 fully saturated rings. The summed E-state index contributed by atoms with van der Waals surface area (Å²) >= 11 is 1.91. The standard InChI is InChI=1S/C11H15S/c1-4-8-12-11-9(2)6-5-7-10(11)3/h5-7H,1,4,8H2,2-3H3. The lowest BCUT2D eigenvalue weighted by atomic mass is 10.2. The molecule has 1 aromatic rings. The fourth-order valence-corrected chi connectivity index (χ4v) is 2.14. The molecule has 1 rings (SSSR count). The summed E-state index contributed by atoms with van der Waals surface area (Å²) in [6, 6.07) is 6.44. The zero-order valence-electron chi connectivity index (χ0n) is 7.76. The molecule has 0 saturated heterocycles. The van der Waals surface area contributed by atoms with Crippen LogP contribution in [0.2, 0.25) is 0 Å². The van der Waals surface area contributed by atoms with Gasteiger partial charge in [-0.1, -0.05) is 25.1 Å². The predicted octanol–water partition coefficient (Wildman–Crippen LogP) is 3.62. The summed E-state index contributed by atoms with van der Waals surface area (Å²) in [5, 5.41) is 0. The Morgan fingerprint density at radius 2 is 1.83 bits per heavy atom. The molecule has 1 heteroatoms. The van der Waals surface area contributed by atoms with Crippen molar-refractivity contribution in [1.82, 2.24) is 0 Å². The Bertz CT molecular complexity index is 233. The van der Waals surface area contributed by atoms with Crippen molar-refractivity contribution >= 4 is 11.8 Å². The lowest BCUT2D eigenvalue weighted by Gasteiger charge is -2.07. The van der Waals surface area contributed by atoms with Gasteiger partial charge in [-0.3, -0.25) is 0 Å². The van der Waals surface area contributed by atoms with Crippen LogP contribution in [-0.2, 0) is 0 Å². The van der Waals surface area contributed by atoms with Crippen molar-refractivity contribution in [3.8, 4) is 0 Å². The largest absolute Gasteiger partial charge is 0.126 e. The van der Waals surface area contributed by atoms with Crippen LogP contribution in [0.25, 0.3) is 0 Å². The van der Waals surface area contributed by atoms with Crippen LogP contribution >= 0.6 is 11.8 Å². The van der Waals surface area contributed by atoms with Crippen molar-refractivity contribution in [1.29, 1.82) is 0 Å². The smallest absolute Gasteiger partial charge is 0.0130 e. The van der Waals surface area contributed by atoms with Crippen LogP contribution < -0.4 is 0 Å². The molecule has 65 valence electrons. The Morgan fingerprint density at radius 3 is 2.33 bits per heavy atom. The number of aryl methyl sites for hydroxylation is 2. The Labute approximate surface area is 79.4 Å². The van der Waals surface area contributed by atoms with E-state index in [1.54, 1.807) is 0 Å². The first kappa shape index (κ1) is 9.66. The molecule has 0 aliphatic heterocycles. The second-order valence-corrected chi connectivity index (χ2v) is 4.03. The Balaban J connectivity index is 2.81. The van der Waals surface area contributed by atoms with Crippen molar-refractivity contribution in [2.75, 3.05) is 5.75 Å². The van der Waals surface area contributed by atoms with Crippen molar-refractivity contribution in [2.24, 2.45) is 0 Å². The van der Waals surface area contributed by atoms with Gasteiger partial charge in [-0.2, -0.15) is 0 Å². The highest BCUT2D eigenvalue weighted by Gasteiger charge is 2.00. The fraction of sp³-hybridized carbons (Fsp3) is 0.364. The number of hydrogen-bond acceptors (Lipinski definition) is 1. The maximum atomic E-state index is 3.84. The zero-order chi connectivity index (χ0) is 8.97. The molecule has 1 aromatic carbocycles. The normalized spacial score (nSPS) is 10.2. The molecular weight excluding hydrogens is 164 g/mol. The molecule has 12 heavy (non-hydrogen) atoms. The molecular formula is C11H15S. The van der Waals surface area contributed by atoms with E-state index < -0.39 is 0 Å². The third-order valence-corrected chi connectivity index (χ3v) is 3.22. The van der Waals surface area contributed by atoms with Gasteiger partial charge in [0.15, 0.2) is 0 Å². The topological polar surface area (TPSA) is 0 Å². The zero-order valence-corrected chi connectivity index (χ0v) is 8.58. The number of thioether (sulfide) groups is 1. The number of rotatable bonds is 3. The minimum atomic E-state index is 0.998. The fourth-order valence-electron chi connectivity index (χ4n) is 1.20. The average Bonchev–Trinajstić information content (AvgIpc) is 2.04. The molecule has 0 aromatic heterocycles. The van der Waals surface area contributed by atoms with Gasteiger partial charge in [0.2, 0.25) is 0 Å². The van der Waals surface area contributed by atoms with Gasteiger partial charge in [0.1, 0.15) is 0 Å². The van der Waals surface area contributed by atoms with Crippen LogP contribution in [0.4, 0.5) is 0 Å². The van der Waals surface area contributed by atoms with Crippen molar-refractivity contribution < 1.29 is 0 Å². The van der Waals surface area contributed by atoms with Gasteiger partial charge in [0.25, 0.3) is 0 Å². The maximum Gasteiger partial charge on any atom is 0.0130 e. The highest BCUT2D eigenvalue weighted by molar-refractivity contribution is 7.99. The monoisotopic (exact) mass is 179 g/mol. The van der Waals surface area contributed by atoms with E-state index >= 15 is 0 Å². The van der Waals surface area contributed by atoms with E-state index in [0.29, 0.717) is 0 Å². The summed E-state index contributed by atoms with van der Waals surface area (Å²) in [4.78, 5) is 1.43. The van der Waals surface area contributed by atoms with Gasteiger partial charge in [0, 0.05) is 4.90 Å². The van der Waals surface area contributed by atoms with E-state index in [2.05, 4.69) is 39.0 Å². The Kier molecular flexibility index (Phi) is 3.67. The van der Waals surface area contributed by atoms with Gasteiger partial charge >= 0.3 is 0 Å². The van der Waals surface area contributed by atoms with Crippen LogP contribution in [0.1, 0.15) is 17.5 Å². The van der Waals surface area contributed by atoms with Crippen LogP contribution in [-0.4, -0.2) is 5.75 Å². The third-order valence-electron chi connectivity index (χ3n) is 1.80. The van der Waals surface area contributed by atoms with E-state index in [-0.39, 0.29) is 0 Å². The summed E-state index contributed by atoms with van der Waals surface area (Å²) in [6.45, 7) is 8.17. The summed E-state index contributed by atoms with van der Waals surface area (Å²) in [7, 11) is 0. The number of hydrogen-bond donors (Lipinski definition) is 0. The molecule has 0 bridgehead atoms. The van der Waals surface area contributed by atoms with Crippen LogP contribution in [0, 0.1) is 20.8 Å². The molecule has 0 atom stereocenters. The predicted molar refractivity (Wildman–Crippen MR) is 56.6 cm³/mol. The summed E-state index contributed by atoms with van der Waals surface area (Å²) < 4.78 is 0. The molecule has 0 saturated carbocycles. The van der Waals surface area contributed by atoms with Gasteiger partial charge in [0.05, 0.1) is 0 Å². The maximum absolute atomic E-state index is 3.84. The van der Waals surface area contributed by atoms with Crippen molar-refractivity contribution in [2.45, 2.75) is 25.2 Å². The third kappa shape index (κ3) is 2.28. The lowest BCUT2D eigenvalue weighted by Crippen LogP contribution is -1.85. The van der Waals surface area contributed by atoms with E-state index in [0.717, 1.165) is 12.2 Å². The SMILES string of the molecule is [CH2]CCSc1c(C)cccc1C. The molecule has 0 nitrogen and oxygen atoms in total. The Morgan fingerprint density at radius 1 is 1.25 bits per heavy atom. The molecule has 1 radical (unpaired) electrons. The number of benzene rings is 1. The van der Waals surface area contributed by atoms with Crippen LogP contribution in [0.15, 0.2) is 23.1 Å². The highest BCUT2D eigenvalue weighted by atomic mass is 32.2. The molecule has 0 aliphatic rings. The second-order valence-electron chi connectivity index (χ2n) is 2.92. The quantitative estimate of drug-likeness (QED) is 0.639. The van der Waals surface area contributed by atoms with Crippen molar-refractivity contribution in [3.05, 3.63) is 36.2 Å². The molecule has 0 heterocycles. The molecule has 0 spiro atoms. The van der Waals surface area contributed by atoms with Gasteiger partial charge in [-0.15, -0.1) is 11.8 Å². The van der Waals surface area contributed by atoms with Crippen LogP contribution in [0.3, 0.4) is 0 Å². The molecule has 0 N–H and O–H groups in total. The summed E-state index contributed by atoms with van der Waals surface area (Å²) in [5.74, 6) is 1.12. The molecule has 0 aliphatic carbocycles. The Hall–Kier alpha value is -0.430. The van der Waals surface area contributed by atoms with Gasteiger partial charge in [-0.05, 0) is 37.1 Å². The average molecular weight is 179 g/mol. The highest BCUT2D eigenvalue weighted by Crippen LogP contribution is 2.26. The summed E-state index contributed by atoms with van der Waals surface area (Å²) in [6.07, 6.45) is 0.998. The van der Waals surface area contributed by atoms with Crippen LogP contribution in [0.5, 0.6) is 0 Å². The second kappa shape index (κ2) is 4.56. The first-order chi connectivity index (χ1) is 5.75. The van der Waals surface area contributed by atoms with Gasteiger partial charge < -0.3 is 0 Å². The summed E-state index contributed by atoms with van der Waals surface area (Å²) in [5.41, 5.74) is 2.77. The minimum absolute atomic E-state index is 0.998. The van der Waals surface area contributed by atoms with Crippen molar-refractivity contribution in [3.63, 3.8) is 0 Å².